The Morgan fingerprint density at radius 3 is 2.43 bits per heavy atom. The fourth-order valence-electron chi connectivity index (χ4n) is 2.97. The first kappa shape index (κ1) is 15.0. The van der Waals surface area contributed by atoms with Gasteiger partial charge in [0, 0.05) is 37.6 Å². The second-order valence-corrected chi connectivity index (χ2v) is 8.03. The molecule has 1 aromatic rings. The first-order valence-corrected chi connectivity index (χ1v) is 8.92. The topological polar surface area (TPSA) is 77.6 Å². The third-order valence-electron chi connectivity index (χ3n) is 4.08. The Labute approximate surface area is 125 Å². The minimum atomic E-state index is -3.47. The Hall–Kier alpha value is -0.890. The number of morpholine rings is 1. The summed E-state index contributed by atoms with van der Waals surface area (Å²) in [6.45, 7) is 4.97. The lowest BCUT2D eigenvalue weighted by Gasteiger charge is -2.34. The molecule has 2 heterocycles. The molecule has 1 saturated carbocycles. The van der Waals surface area contributed by atoms with Crippen LogP contribution in [0.4, 0.5) is 0 Å². The van der Waals surface area contributed by atoms with Gasteiger partial charge in [-0.3, -0.25) is 0 Å². The summed E-state index contributed by atoms with van der Waals surface area (Å²) in [6.07, 6.45) is 3.80. The minimum Gasteiger partial charge on any atom is -0.373 e. The third kappa shape index (κ3) is 2.88. The molecule has 0 unspecified atom stereocenters. The number of nitrogens with two attached hydrogens (primary N) is 1. The molecule has 6 nitrogen and oxygen atoms in total. The predicted molar refractivity (Wildman–Crippen MR) is 79.4 cm³/mol. The Morgan fingerprint density at radius 2 is 1.90 bits per heavy atom. The molecule has 1 aliphatic heterocycles. The largest absolute Gasteiger partial charge is 0.373 e. The van der Waals surface area contributed by atoms with E-state index >= 15 is 0 Å². The van der Waals surface area contributed by atoms with E-state index in [0.717, 1.165) is 18.5 Å². The number of hydrogen-bond acceptors (Lipinski definition) is 4. The van der Waals surface area contributed by atoms with Crippen LogP contribution in [-0.4, -0.2) is 42.6 Å². The number of aromatic nitrogens is 1. The molecule has 21 heavy (non-hydrogen) atoms. The average Bonchev–Trinajstić information content (AvgIpc) is 3.16. The molecule has 0 radical (unpaired) electrons. The van der Waals surface area contributed by atoms with E-state index in [4.69, 9.17) is 10.5 Å². The van der Waals surface area contributed by atoms with Gasteiger partial charge in [-0.2, -0.15) is 4.31 Å². The van der Waals surface area contributed by atoms with Crippen molar-refractivity contribution in [2.45, 2.75) is 56.4 Å². The Morgan fingerprint density at radius 1 is 1.29 bits per heavy atom. The normalized spacial score (nSPS) is 28.0. The molecule has 1 aromatic heterocycles. The van der Waals surface area contributed by atoms with E-state index in [1.807, 2.05) is 18.4 Å². The van der Waals surface area contributed by atoms with Crippen molar-refractivity contribution in [2.24, 2.45) is 5.73 Å². The van der Waals surface area contributed by atoms with Crippen molar-refractivity contribution in [3.8, 4) is 0 Å². The highest BCUT2D eigenvalue weighted by Crippen LogP contribution is 2.37. The number of hydrogen-bond donors (Lipinski definition) is 1. The molecular weight excluding hydrogens is 290 g/mol. The molecule has 7 heteroatoms. The molecule has 0 bridgehead atoms. The van der Waals surface area contributed by atoms with Crippen molar-refractivity contribution >= 4 is 10.0 Å². The Kier molecular flexibility index (Phi) is 3.85. The van der Waals surface area contributed by atoms with Crippen LogP contribution in [0.1, 0.15) is 38.4 Å². The second kappa shape index (κ2) is 5.39. The van der Waals surface area contributed by atoms with Gasteiger partial charge in [-0.25, -0.2) is 8.42 Å². The maximum Gasteiger partial charge on any atom is 0.244 e. The van der Waals surface area contributed by atoms with Crippen LogP contribution < -0.4 is 5.73 Å². The zero-order valence-corrected chi connectivity index (χ0v) is 13.3. The highest BCUT2D eigenvalue weighted by Gasteiger charge is 2.34. The smallest absolute Gasteiger partial charge is 0.244 e. The van der Waals surface area contributed by atoms with E-state index in [9.17, 15) is 8.42 Å². The molecule has 2 aliphatic rings. The van der Waals surface area contributed by atoms with Gasteiger partial charge >= 0.3 is 0 Å². The van der Waals surface area contributed by atoms with E-state index in [0.29, 0.717) is 30.6 Å². The highest BCUT2D eigenvalue weighted by atomic mass is 32.2. The van der Waals surface area contributed by atoms with Gasteiger partial charge in [0.1, 0.15) is 4.90 Å². The van der Waals surface area contributed by atoms with Crippen molar-refractivity contribution < 1.29 is 13.2 Å². The quantitative estimate of drug-likeness (QED) is 0.902. The van der Waals surface area contributed by atoms with Crippen LogP contribution in [0.2, 0.25) is 0 Å². The SMILES string of the molecule is C[C@@H]1CN(S(=O)(=O)c2cc(CN)n(C3CC3)c2)C[C@H](C)O1. The summed E-state index contributed by atoms with van der Waals surface area (Å²) in [4.78, 5) is 0.358. The summed E-state index contributed by atoms with van der Waals surface area (Å²) in [5.74, 6) is 0. The molecule has 0 aromatic carbocycles. The van der Waals surface area contributed by atoms with Gasteiger partial charge in [-0.15, -0.1) is 0 Å². The molecule has 3 rings (SSSR count). The zero-order chi connectivity index (χ0) is 15.2. The number of nitrogens with zero attached hydrogens (tertiary/aromatic N) is 2. The van der Waals surface area contributed by atoms with E-state index < -0.39 is 10.0 Å². The van der Waals surface area contributed by atoms with Gasteiger partial charge in [-0.05, 0) is 32.8 Å². The Balaban J connectivity index is 1.90. The lowest BCUT2D eigenvalue weighted by Crippen LogP contribution is -2.48. The summed E-state index contributed by atoms with van der Waals surface area (Å²) in [6, 6.07) is 2.15. The first-order chi connectivity index (χ1) is 9.91. The average molecular weight is 313 g/mol. The summed E-state index contributed by atoms with van der Waals surface area (Å²) in [7, 11) is -3.47. The molecule has 2 atom stereocenters. The van der Waals surface area contributed by atoms with E-state index in [-0.39, 0.29) is 12.2 Å². The molecule has 1 aliphatic carbocycles. The van der Waals surface area contributed by atoms with Gasteiger partial charge in [0.25, 0.3) is 0 Å². The van der Waals surface area contributed by atoms with Crippen LogP contribution in [0.25, 0.3) is 0 Å². The van der Waals surface area contributed by atoms with Crippen molar-refractivity contribution in [3.05, 3.63) is 18.0 Å². The fraction of sp³-hybridized carbons (Fsp3) is 0.714. The van der Waals surface area contributed by atoms with Crippen molar-refractivity contribution in [3.63, 3.8) is 0 Å². The van der Waals surface area contributed by atoms with Gasteiger partial charge in [-0.1, -0.05) is 0 Å². The van der Waals surface area contributed by atoms with E-state index in [1.54, 1.807) is 12.3 Å². The van der Waals surface area contributed by atoms with Gasteiger partial charge in [0.15, 0.2) is 0 Å². The summed E-state index contributed by atoms with van der Waals surface area (Å²) in [5.41, 5.74) is 6.64. The molecular formula is C14H23N3O3S. The molecule has 0 amide bonds. The standard InChI is InChI=1S/C14H23N3O3S/c1-10-7-16(8-11(2)20-10)21(18,19)14-5-13(6-15)17(9-14)12-3-4-12/h5,9-12H,3-4,6-8,15H2,1-2H3/t10-,11+. The van der Waals surface area contributed by atoms with E-state index in [1.165, 1.54) is 4.31 Å². The maximum absolute atomic E-state index is 12.8. The van der Waals surface area contributed by atoms with Crippen LogP contribution in [0.15, 0.2) is 17.2 Å². The summed E-state index contributed by atoms with van der Waals surface area (Å²) in [5, 5.41) is 0. The van der Waals surface area contributed by atoms with Crippen LogP contribution in [-0.2, 0) is 21.3 Å². The third-order valence-corrected chi connectivity index (χ3v) is 5.88. The van der Waals surface area contributed by atoms with E-state index in [2.05, 4.69) is 0 Å². The lowest BCUT2D eigenvalue weighted by atomic mass is 10.3. The monoisotopic (exact) mass is 313 g/mol. The highest BCUT2D eigenvalue weighted by molar-refractivity contribution is 7.89. The Bertz CT molecular complexity index is 611. The minimum absolute atomic E-state index is 0.0805. The molecule has 2 N–H and O–H groups in total. The molecule has 2 fully saturated rings. The van der Waals surface area contributed by atoms with Crippen LogP contribution in [0, 0.1) is 0 Å². The number of ether oxygens (including phenoxy) is 1. The molecule has 118 valence electrons. The van der Waals surface area contributed by atoms with Gasteiger partial charge in [0.05, 0.1) is 12.2 Å². The summed E-state index contributed by atoms with van der Waals surface area (Å²) < 4.78 is 34.8. The van der Waals surface area contributed by atoms with Crippen molar-refractivity contribution in [2.75, 3.05) is 13.1 Å². The summed E-state index contributed by atoms with van der Waals surface area (Å²) >= 11 is 0. The number of sulfonamides is 1. The fourth-order valence-corrected chi connectivity index (χ4v) is 4.61. The van der Waals surface area contributed by atoms with Crippen LogP contribution in [0.5, 0.6) is 0 Å². The number of rotatable bonds is 4. The molecule has 0 spiro atoms. The first-order valence-electron chi connectivity index (χ1n) is 7.48. The van der Waals surface area contributed by atoms with Crippen molar-refractivity contribution in [1.29, 1.82) is 0 Å². The predicted octanol–water partition coefficient (Wildman–Crippen LogP) is 1.08. The zero-order valence-electron chi connectivity index (χ0n) is 12.5. The van der Waals surface area contributed by atoms with Crippen molar-refractivity contribution in [1.82, 2.24) is 8.87 Å². The van der Waals surface area contributed by atoms with Gasteiger partial charge < -0.3 is 15.0 Å². The molecule has 1 saturated heterocycles. The second-order valence-electron chi connectivity index (χ2n) is 6.09. The maximum atomic E-state index is 12.8. The van der Waals surface area contributed by atoms with Crippen LogP contribution in [0.3, 0.4) is 0 Å². The lowest BCUT2D eigenvalue weighted by molar-refractivity contribution is -0.0440. The van der Waals surface area contributed by atoms with Gasteiger partial charge in [0.2, 0.25) is 10.0 Å². The van der Waals surface area contributed by atoms with Crippen LogP contribution >= 0.6 is 0 Å².